The first-order valence-corrected chi connectivity index (χ1v) is 7.47. The van der Waals surface area contributed by atoms with Crippen LogP contribution < -0.4 is 10.1 Å². The van der Waals surface area contributed by atoms with Crippen LogP contribution >= 0.6 is 11.8 Å². The van der Waals surface area contributed by atoms with Gasteiger partial charge in [-0.1, -0.05) is 17.8 Å². The molecule has 104 valence electrons. The number of fused-ring (bicyclic) bond motifs is 1. The van der Waals surface area contributed by atoms with Crippen molar-refractivity contribution in [3.8, 4) is 5.75 Å². The second kappa shape index (κ2) is 5.81. The number of benzene rings is 1. The van der Waals surface area contributed by atoms with E-state index in [-0.39, 0.29) is 0 Å². The molecule has 0 saturated carbocycles. The lowest BCUT2D eigenvalue weighted by molar-refractivity contribution is 0.413. The SMILES string of the molecule is CNC1c2cc(OC)ccc2CC1Sc1ncccn1. The number of thioether (sulfide) groups is 1. The van der Waals surface area contributed by atoms with Crippen LogP contribution in [0, 0.1) is 0 Å². The van der Waals surface area contributed by atoms with Gasteiger partial charge >= 0.3 is 0 Å². The lowest BCUT2D eigenvalue weighted by Crippen LogP contribution is -2.23. The first-order valence-electron chi connectivity index (χ1n) is 6.59. The van der Waals surface area contributed by atoms with Crippen LogP contribution in [0.5, 0.6) is 5.75 Å². The summed E-state index contributed by atoms with van der Waals surface area (Å²) in [6.45, 7) is 0. The molecule has 0 radical (unpaired) electrons. The van der Waals surface area contributed by atoms with Crippen molar-refractivity contribution >= 4 is 11.8 Å². The maximum atomic E-state index is 5.33. The van der Waals surface area contributed by atoms with Crippen LogP contribution in [0.25, 0.3) is 0 Å². The Morgan fingerprint density at radius 3 is 2.80 bits per heavy atom. The lowest BCUT2D eigenvalue weighted by atomic mass is 10.1. The molecule has 0 amide bonds. The highest BCUT2D eigenvalue weighted by molar-refractivity contribution is 7.99. The second-order valence-electron chi connectivity index (χ2n) is 4.72. The Balaban J connectivity index is 1.85. The van der Waals surface area contributed by atoms with Crippen LogP contribution in [0.4, 0.5) is 0 Å². The van der Waals surface area contributed by atoms with Crippen molar-refractivity contribution in [2.45, 2.75) is 22.9 Å². The first-order chi connectivity index (χ1) is 9.81. The molecule has 2 unspecified atom stereocenters. The van der Waals surface area contributed by atoms with E-state index < -0.39 is 0 Å². The number of rotatable bonds is 4. The molecule has 1 aromatic carbocycles. The summed E-state index contributed by atoms with van der Waals surface area (Å²) in [5.74, 6) is 0.908. The van der Waals surface area contributed by atoms with E-state index in [9.17, 15) is 0 Å². The largest absolute Gasteiger partial charge is 0.497 e. The fourth-order valence-corrected chi connectivity index (χ4v) is 3.84. The van der Waals surface area contributed by atoms with Gasteiger partial charge in [0.2, 0.25) is 0 Å². The van der Waals surface area contributed by atoms with Gasteiger partial charge in [-0.2, -0.15) is 0 Å². The van der Waals surface area contributed by atoms with Gasteiger partial charge in [-0.3, -0.25) is 0 Å². The topological polar surface area (TPSA) is 47.0 Å². The number of hydrogen-bond donors (Lipinski definition) is 1. The highest BCUT2D eigenvalue weighted by atomic mass is 32.2. The van der Waals surface area contributed by atoms with Gasteiger partial charge < -0.3 is 10.1 Å². The van der Waals surface area contributed by atoms with Gasteiger partial charge in [0.15, 0.2) is 5.16 Å². The average Bonchev–Trinajstić information content (AvgIpc) is 2.84. The highest BCUT2D eigenvalue weighted by Crippen LogP contribution is 2.41. The smallest absolute Gasteiger partial charge is 0.187 e. The standard InChI is InChI=1S/C15H17N3OS/c1-16-14-12-9-11(19-2)5-4-10(12)8-13(14)20-15-17-6-3-7-18-15/h3-7,9,13-14,16H,8H2,1-2H3. The molecule has 20 heavy (non-hydrogen) atoms. The van der Waals surface area contributed by atoms with Crippen molar-refractivity contribution in [2.24, 2.45) is 0 Å². The van der Waals surface area contributed by atoms with Gasteiger partial charge in [-0.15, -0.1) is 0 Å². The van der Waals surface area contributed by atoms with Gasteiger partial charge in [0, 0.05) is 23.7 Å². The molecule has 0 aliphatic heterocycles. The van der Waals surface area contributed by atoms with E-state index >= 15 is 0 Å². The first kappa shape index (κ1) is 13.4. The van der Waals surface area contributed by atoms with Crippen molar-refractivity contribution in [3.05, 3.63) is 47.8 Å². The molecule has 3 rings (SSSR count). The number of nitrogens with one attached hydrogen (secondary N) is 1. The Kier molecular flexibility index (Phi) is 3.89. The Labute approximate surface area is 123 Å². The summed E-state index contributed by atoms with van der Waals surface area (Å²) in [6, 6.07) is 8.45. The molecule has 5 heteroatoms. The number of nitrogens with zero attached hydrogens (tertiary/aromatic N) is 2. The van der Waals surface area contributed by atoms with E-state index in [1.54, 1.807) is 31.3 Å². The molecule has 2 atom stereocenters. The molecule has 0 bridgehead atoms. The molecule has 1 aliphatic carbocycles. The summed E-state index contributed by atoms with van der Waals surface area (Å²) in [4.78, 5) is 8.61. The molecule has 1 heterocycles. The molecule has 0 saturated heterocycles. The third-order valence-electron chi connectivity index (χ3n) is 3.59. The zero-order chi connectivity index (χ0) is 13.9. The normalized spacial score (nSPS) is 20.7. The van der Waals surface area contributed by atoms with Crippen LogP contribution in [-0.2, 0) is 6.42 Å². The van der Waals surface area contributed by atoms with E-state index in [1.165, 1.54) is 11.1 Å². The maximum absolute atomic E-state index is 5.33. The van der Waals surface area contributed by atoms with Crippen LogP contribution in [0.15, 0.2) is 41.8 Å². The minimum atomic E-state index is 0.300. The van der Waals surface area contributed by atoms with E-state index in [0.717, 1.165) is 17.3 Å². The molecule has 1 aromatic heterocycles. The highest BCUT2D eigenvalue weighted by Gasteiger charge is 2.33. The van der Waals surface area contributed by atoms with Gasteiger partial charge in [-0.05, 0) is 42.8 Å². The van der Waals surface area contributed by atoms with E-state index in [0.29, 0.717) is 11.3 Å². The quantitative estimate of drug-likeness (QED) is 0.875. The van der Waals surface area contributed by atoms with Crippen molar-refractivity contribution in [2.75, 3.05) is 14.2 Å². The molecule has 1 N–H and O–H groups in total. The molecular formula is C15H17N3OS. The van der Waals surface area contributed by atoms with Crippen molar-refractivity contribution in [1.29, 1.82) is 0 Å². The van der Waals surface area contributed by atoms with Gasteiger partial charge in [0.1, 0.15) is 5.75 Å². The summed E-state index contributed by atoms with van der Waals surface area (Å²) < 4.78 is 5.33. The summed E-state index contributed by atoms with van der Waals surface area (Å²) in [5, 5.41) is 4.65. The summed E-state index contributed by atoms with van der Waals surface area (Å²) in [6.07, 6.45) is 4.59. The fraction of sp³-hybridized carbons (Fsp3) is 0.333. The Morgan fingerprint density at radius 2 is 2.10 bits per heavy atom. The lowest BCUT2D eigenvalue weighted by Gasteiger charge is -2.18. The van der Waals surface area contributed by atoms with Crippen LogP contribution in [0.3, 0.4) is 0 Å². The van der Waals surface area contributed by atoms with E-state index in [1.807, 2.05) is 19.2 Å². The van der Waals surface area contributed by atoms with E-state index in [4.69, 9.17) is 4.74 Å². The maximum Gasteiger partial charge on any atom is 0.187 e. The molecule has 2 aromatic rings. The predicted molar refractivity (Wildman–Crippen MR) is 80.2 cm³/mol. The Morgan fingerprint density at radius 1 is 1.30 bits per heavy atom. The summed E-state index contributed by atoms with van der Waals surface area (Å²) >= 11 is 1.73. The van der Waals surface area contributed by atoms with Crippen molar-refractivity contribution in [1.82, 2.24) is 15.3 Å². The summed E-state index contributed by atoms with van der Waals surface area (Å²) in [7, 11) is 3.70. The molecule has 1 aliphatic rings. The Hall–Kier alpha value is -1.59. The molecule has 4 nitrogen and oxygen atoms in total. The zero-order valence-electron chi connectivity index (χ0n) is 11.5. The summed E-state index contributed by atoms with van der Waals surface area (Å²) in [5.41, 5.74) is 2.69. The van der Waals surface area contributed by atoms with Gasteiger partial charge in [0.05, 0.1) is 7.11 Å². The second-order valence-corrected chi connectivity index (χ2v) is 5.93. The molecular weight excluding hydrogens is 270 g/mol. The van der Waals surface area contributed by atoms with Crippen molar-refractivity contribution in [3.63, 3.8) is 0 Å². The van der Waals surface area contributed by atoms with Crippen molar-refractivity contribution < 1.29 is 4.74 Å². The monoisotopic (exact) mass is 287 g/mol. The average molecular weight is 287 g/mol. The number of aromatic nitrogens is 2. The van der Waals surface area contributed by atoms with Gasteiger partial charge in [0.25, 0.3) is 0 Å². The Bertz CT molecular complexity index is 591. The minimum Gasteiger partial charge on any atom is -0.497 e. The van der Waals surface area contributed by atoms with Crippen LogP contribution in [0.1, 0.15) is 17.2 Å². The number of methoxy groups -OCH3 is 1. The zero-order valence-corrected chi connectivity index (χ0v) is 12.4. The number of hydrogen-bond acceptors (Lipinski definition) is 5. The number of ether oxygens (including phenoxy) is 1. The predicted octanol–water partition coefficient (Wildman–Crippen LogP) is 2.46. The minimum absolute atomic E-state index is 0.300. The van der Waals surface area contributed by atoms with Crippen LogP contribution in [0.2, 0.25) is 0 Å². The van der Waals surface area contributed by atoms with Gasteiger partial charge in [-0.25, -0.2) is 9.97 Å². The molecule has 0 fully saturated rings. The van der Waals surface area contributed by atoms with E-state index in [2.05, 4.69) is 27.4 Å². The third kappa shape index (κ3) is 2.51. The van der Waals surface area contributed by atoms with Crippen LogP contribution in [-0.4, -0.2) is 29.4 Å². The molecule has 0 spiro atoms. The third-order valence-corrected chi connectivity index (χ3v) is 4.75. The fourth-order valence-electron chi connectivity index (χ4n) is 2.64.